The van der Waals surface area contributed by atoms with Gasteiger partial charge in [0.05, 0.1) is 23.6 Å². The van der Waals surface area contributed by atoms with Crippen molar-refractivity contribution >= 4 is 6.16 Å². The highest BCUT2D eigenvalue weighted by Gasteiger charge is 2.40. The molecule has 1 aliphatic rings. The van der Waals surface area contributed by atoms with E-state index in [4.69, 9.17) is 14.4 Å². The maximum atomic E-state index is 14.0. The molecule has 1 saturated heterocycles. The predicted molar refractivity (Wildman–Crippen MR) is 131 cm³/mol. The van der Waals surface area contributed by atoms with Gasteiger partial charge in [0.1, 0.15) is 6.10 Å². The normalized spacial score (nSPS) is 17.2. The first kappa shape index (κ1) is 26.4. The summed E-state index contributed by atoms with van der Waals surface area (Å²) in [4.78, 5) is 16.9. The Morgan fingerprint density at radius 2 is 1.90 bits per heavy atom. The number of aliphatic hydroxyl groups excluding tert-OH is 1. The standard InChI is InChI=1S/C26H24F3N5O5/c27-26(28,29)22-20(13-30-34(22)18-5-2-1-3-6-18)24-31-23(32-39-24)17-10-8-16(9-11-17)21(35)15-33-12-4-7-19(14-33)38-25(36)37/h1-3,5-6,8-11,13,19,21,35H,4,7,12,14-15H2,(H,36,37)/t19-,21+/m0/s1. The minimum Gasteiger partial charge on any atom is -0.450 e. The van der Waals surface area contributed by atoms with Crippen LogP contribution in [0.4, 0.5) is 18.0 Å². The second-order valence-electron chi connectivity index (χ2n) is 9.12. The third-order valence-electron chi connectivity index (χ3n) is 6.41. The Morgan fingerprint density at radius 3 is 2.59 bits per heavy atom. The van der Waals surface area contributed by atoms with Gasteiger partial charge in [-0.25, -0.2) is 9.48 Å². The van der Waals surface area contributed by atoms with Gasteiger partial charge in [-0.3, -0.25) is 4.90 Å². The molecule has 3 heterocycles. The van der Waals surface area contributed by atoms with Crippen molar-refractivity contribution in [3.8, 4) is 28.5 Å². The number of piperidine rings is 1. The molecule has 1 aliphatic heterocycles. The highest BCUT2D eigenvalue weighted by molar-refractivity contribution is 5.62. The molecule has 0 amide bonds. The van der Waals surface area contributed by atoms with E-state index >= 15 is 0 Å². The smallest absolute Gasteiger partial charge is 0.450 e. The number of rotatable bonds is 7. The number of hydrogen-bond donors (Lipinski definition) is 2. The zero-order chi connectivity index (χ0) is 27.6. The molecule has 0 spiro atoms. The molecule has 2 aromatic heterocycles. The summed E-state index contributed by atoms with van der Waals surface area (Å²) in [5.41, 5.74) is -0.0514. The summed E-state index contributed by atoms with van der Waals surface area (Å²) in [6, 6.07) is 14.5. The van der Waals surface area contributed by atoms with E-state index in [2.05, 4.69) is 15.2 Å². The van der Waals surface area contributed by atoms with E-state index in [9.17, 15) is 23.1 Å². The molecule has 10 nitrogen and oxygen atoms in total. The molecule has 0 radical (unpaired) electrons. The molecule has 2 atom stereocenters. The average Bonchev–Trinajstić information content (AvgIpc) is 3.57. The van der Waals surface area contributed by atoms with Gasteiger partial charge in [0.15, 0.2) is 5.69 Å². The monoisotopic (exact) mass is 543 g/mol. The number of carbonyl (C=O) groups is 1. The zero-order valence-electron chi connectivity index (χ0n) is 20.5. The summed E-state index contributed by atoms with van der Waals surface area (Å²) in [6.07, 6.45) is -4.90. The van der Waals surface area contributed by atoms with Crippen LogP contribution in [0.3, 0.4) is 0 Å². The van der Waals surface area contributed by atoms with Crippen LogP contribution in [0.5, 0.6) is 0 Å². The minimum atomic E-state index is -4.73. The van der Waals surface area contributed by atoms with Crippen molar-refractivity contribution in [2.75, 3.05) is 19.6 Å². The van der Waals surface area contributed by atoms with Crippen molar-refractivity contribution in [2.24, 2.45) is 0 Å². The van der Waals surface area contributed by atoms with Crippen LogP contribution in [-0.4, -0.2) is 66.9 Å². The lowest BCUT2D eigenvalue weighted by Crippen LogP contribution is -2.42. The third-order valence-corrected chi connectivity index (χ3v) is 6.41. The van der Waals surface area contributed by atoms with Crippen LogP contribution in [0, 0.1) is 0 Å². The van der Waals surface area contributed by atoms with E-state index in [0.717, 1.165) is 17.3 Å². The van der Waals surface area contributed by atoms with Crippen LogP contribution in [0.15, 0.2) is 65.3 Å². The number of nitrogens with zero attached hydrogens (tertiary/aromatic N) is 5. The summed E-state index contributed by atoms with van der Waals surface area (Å²) in [7, 11) is 0. The zero-order valence-corrected chi connectivity index (χ0v) is 20.5. The lowest BCUT2D eigenvalue weighted by Gasteiger charge is -2.33. The van der Waals surface area contributed by atoms with Crippen molar-refractivity contribution in [1.82, 2.24) is 24.8 Å². The Bertz CT molecular complexity index is 1420. The van der Waals surface area contributed by atoms with Gasteiger partial charge in [0, 0.05) is 18.7 Å². The molecular formula is C26H24F3N5O5. The Kier molecular flexibility index (Phi) is 7.35. The van der Waals surface area contributed by atoms with Crippen molar-refractivity contribution in [3.05, 3.63) is 72.1 Å². The van der Waals surface area contributed by atoms with Crippen LogP contribution in [-0.2, 0) is 10.9 Å². The van der Waals surface area contributed by atoms with Crippen molar-refractivity contribution in [3.63, 3.8) is 0 Å². The Balaban J connectivity index is 1.31. The fourth-order valence-electron chi connectivity index (χ4n) is 4.61. The van der Waals surface area contributed by atoms with E-state index in [-0.39, 0.29) is 29.5 Å². The fraction of sp³-hybridized carbons (Fsp3) is 0.308. The Labute approximate surface area is 220 Å². The van der Waals surface area contributed by atoms with E-state index in [1.165, 1.54) is 12.1 Å². The van der Waals surface area contributed by atoms with E-state index in [1.807, 2.05) is 4.90 Å². The first-order valence-corrected chi connectivity index (χ1v) is 12.1. The molecule has 4 aromatic rings. The average molecular weight is 544 g/mol. The molecule has 1 fully saturated rings. The van der Waals surface area contributed by atoms with Crippen LogP contribution in [0.2, 0.25) is 0 Å². The van der Waals surface area contributed by atoms with Gasteiger partial charge < -0.3 is 19.5 Å². The molecule has 2 N–H and O–H groups in total. The number of aliphatic hydroxyl groups is 1. The highest BCUT2D eigenvalue weighted by Crippen LogP contribution is 2.38. The van der Waals surface area contributed by atoms with E-state index in [1.54, 1.807) is 42.5 Å². The molecule has 204 valence electrons. The number of hydrogen-bond acceptors (Lipinski definition) is 8. The summed E-state index contributed by atoms with van der Waals surface area (Å²) in [5.74, 6) is -0.247. The first-order chi connectivity index (χ1) is 18.7. The lowest BCUT2D eigenvalue weighted by molar-refractivity contribution is -0.142. The number of carboxylic acid groups (broad SMARTS) is 1. The molecule has 5 rings (SSSR count). The molecule has 2 aromatic carbocycles. The molecule has 0 aliphatic carbocycles. The summed E-state index contributed by atoms with van der Waals surface area (Å²) < 4.78 is 52.8. The van der Waals surface area contributed by atoms with Gasteiger partial charge in [-0.1, -0.05) is 47.6 Å². The number of aromatic nitrogens is 4. The third kappa shape index (κ3) is 5.94. The molecular weight excluding hydrogens is 519 g/mol. The largest absolute Gasteiger partial charge is 0.506 e. The van der Waals surface area contributed by atoms with Gasteiger partial charge in [0.2, 0.25) is 5.82 Å². The quantitative estimate of drug-likeness (QED) is 0.316. The second-order valence-corrected chi connectivity index (χ2v) is 9.12. The van der Waals surface area contributed by atoms with E-state index in [0.29, 0.717) is 30.6 Å². The molecule has 0 bridgehead atoms. The highest BCUT2D eigenvalue weighted by atomic mass is 19.4. The first-order valence-electron chi connectivity index (χ1n) is 12.1. The lowest BCUT2D eigenvalue weighted by atomic mass is 10.0. The summed E-state index contributed by atoms with van der Waals surface area (Å²) >= 11 is 0. The maximum absolute atomic E-state index is 14.0. The van der Waals surface area contributed by atoms with Crippen LogP contribution >= 0.6 is 0 Å². The van der Waals surface area contributed by atoms with Crippen molar-refractivity contribution < 1.29 is 37.4 Å². The van der Waals surface area contributed by atoms with Crippen LogP contribution in [0.25, 0.3) is 28.5 Å². The number of benzene rings is 2. The van der Waals surface area contributed by atoms with Gasteiger partial charge in [-0.05, 0) is 37.1 Å². The fourth-order valence-corrected chi connectivity index (χ4v) is 4.61. The number of alkyl halides is 3. The van der Waals surface area contributed by atoms with Crippen LogP contribution in [0.1, 0.15) is 30.2 Å². The van der Waals surface area contributed by atoms with Crippen molar-refractivity contribution in [1.29, 1.82) is 0 Å². The number of ether oxygens (including phenoxy) is 1. The van der Waals surface area contributed by atoms with E-state index < -0.39 is 30.2 Å². The van der Waals surface area contributed by atoms with Crippen LogP contribution < -0.4 is 0 Å². The predicted octanol–water partition coefficient (Wildman–Crippen LogP) is 4.80. The SMILES string of the molecule is O=C(O)O[C@H]1CCCN(C[C@@H](O)c2ccc(-c3noc(-c4cnn(-c5ccccc5)c4C(F)(F)F)n3)cc2)C1. The number of para-hydroxylation sites is 1. The molecule has 39 heavy (non-hydrogen) atoms. The van der Waals surface area contributed by atoms with Gasteiger partial charge >= 0.3 is 12.3 Å². The summed E-state index contributed by atoms with van der Waals surface area (Å²) in [5, 5.41) is 27.3. The second kappa shape index (κ2) is 10.9. The topological polar surface area (TPSA) is 127 Å². The Morgan fingerprint density at radius 1 is 1.15 bits per heavy atom. The minimum absolute atomic E-state index is 0.0799. The van der Waals surface area contributed by atoms with Gasteiger partial charge in [-0.2, -0.15) is 23.3 Å². The van der Waals surface area contributed by atoms with Gasteiger partial charge in [-0.15, -0.1) is 0 Å². The maximum Gasteiger partial charge on any atom is 0.506 e. The number of β-amino-alcohol motifs (C(OH)–C–C–N with tert-alkyl or cyclic N) is 1. The Hall–Kier alpha value is -4.23. The molecule has 13 heteroatoms. The molecule has 0 saturated carbocycles. The molecule has 0 unspecified atom stereocenters. The number of likely N-dealkylation sites (tertiary alicyclic amines) is 1. The summed E-state index contributed by atoms with van der Waals surface area (Å²) in [6.45, 7) is 1.39. The number of halogens is 3. The van der Waals surface area contributed by atoms with Gasteiger partial charge in [0.25, 0.3) is 5.89 Å². The van der Waals surface area contributed by atoms with Crippen molar-refractivity contribution in [2.45, 2.75) is 31.2 Å².